The van der Waals surface area contributed by atoms with Gasteiger partial charge in [0.15, 0.2) is 5.78 Å². The molecule has 0 N–H and O–H groups in total. The van der Waals surface area contributed by atoms with Gasteiger partial charge < -0.3 is 9.64 Å². The number of Topliss-reactive ketones (excluding diaryl/α,β-unsaturated/α-hetero) is 1. The van der Waals surface area contributed by atoms with Crippen molar-refractivity contribution in [3.8, 4) is 17.0 Å². The van der Waals surface area contributed by atoms with Gasteiger partial charge in [-0.15, -0.1) is 0 Å². The van der Waals surface area contributed by atoms with Crippen LogP contribution in [0.5, 0.6) is 5.75 Å². The number of aromatic nitrogens is 2. The quantitative estimate of drug-likeness (QED) is 0.577. The van der Waals surface area contributed by atoms with Crippen LogP contribution in [0.4, 0.5) is 5.82 Å². The van der Waals surface area contributed by atoms with Crippen molar-refractivity contribution in [3.05, 3.63) is 71.0 Å². The molecular formula is C24H22ClN3O2. The molecular weight excluding hydrogens is 398 g/mol. The Hall–Kier alpha value is -2.92. The lowest BCUT2D eigenvalue weighted by Gasteiger charge is -2.44. The summed E-state index contributed by atoms with van der Waals surface area (Å²) in [6.45, 7) is 3.50. The average Bonchev–Trinajstić information content (AvgIpc) is 2.76. The monoisotopic (exact) mass is 419 g/mol. The van der Waals surface area contributed by atoms with Crippen molar-refractivity contribution >= 4 is 23.2 Å². The molecule has 0 saturated carbocycles. The number of ketones is 1. The van der Waals surface area contributed by atoms with Crippen molar-refractivity contribution in [1.29, 1.82) is 0 Å². The molecule has 152 valence electrons. The lowest BCUT2D eigenvalue weighted by atomic mass is 9.82. The Morgan fingerprint density at radius 3 is 2.60 bits per heavy atom. The summed E-state index contributed by atoms with van der Waals surface area (Å²) in [5.41, 5.74) is 3.05. The molecule has 1 saturated heterocycles. The Bertz CT molecular complexity index is 1110. The summed E-state index contributed by atoms with van der Waals surface area (Å²) in [5.74, 6) is 1.71. The zero-order valence-corrected chi connectivity index (χ0v) is 17.5. The number of anilines is 1. The van der Waals surface area contributed by atoms with Crippen LogP contribution in [0, 0.1) is 6.92 Å². The maximum Gasteiger partial charge on any atom is 0.170 e. The maximum atomic E-state index is 12.8. The van der Waals surface area contributed by atoms with Crippen molar-refractivity contribution in [2.45, 2.75) is 31.8 Å². The molecule has 3 heterocycles. The SMILES string of the molecule is Cc1cc(Cl)cc2c1OC1(CCN(c3cc(-c4ccccc4)ncn3)CC1)CC2=O. The van der Waals surface area contributed by atoms with Crippen LogP contribution in [0.15, 0.2) is 54.9 Å². The molecule has 3 aromatic rings. The van der Waals surface area contributed by atoms with Crippen LogP contribution in [-0.2, 0) is 0 Å². The largest absolute Gasteiger partial charge is 0.486 e. The number of benzene rings is 2. The minimum atomic E-state index is -0.450. The lowest BCUT2D eigenvalue weighted by molar-refractivity contribution is 0.0225. The molecule has 0 bridgehead atoms. The Kier molecular flexibility index (Phi) is 4.70. The van der Waals surface area contributed by atoms with Crippen LogP contribution in [0.1, 0.15) is 35.2 Å². The number of nitrogens with zero attached hydrogens (tertiary/aromatic N) is 3. The normalized spacial score (nSPS) is 17.5. The molecule has 1 aromatic heterocycles. The fourth-order valence-electron chi connectivity index (χ4n) is 4.42. The van der Waals surface area contributed by atoms with E-state index in [4.69, 9.17) is 16.3 Å². The minimum Gasteiger partial charge on any atom is -0.486 e. The highest BCUT2D eigenvalue weighted by atomic mass is 35.5. The molecule has 1 spiro atoms. The zero-order chi connectivity index (χ0) is 20.7. The lowest BCUT2D eigenvalue weighted by Crippen LogP contribution is -2.51. The fourth-order valence-corrected chi connectivity index (χ4v) is 4.69. The first-order valence-electron chi connectivity index (χ1n) is 10.2. The molecule has 2 aliphatic rings. The summed E-state index contributed by atoms with van der Waals surface area (Å²) in [7, 11) is 0. The summed E-state index contributed by atoms with van der Waals surface area (Å²) < 4.78 is 6.45. The molecule has 30 heavy (non-hydrogen) atoms. The fraction of sp³-hybridized carbons (Fsp3) is 0.292. The molecule has 5 nitrogen and oxygen atoms in total. The van der Waals surface area contributed by atoms with Gasteiger partial charge in [-0.25, -0.2) is 9.97 Å². The predicted octanol–water partition coefficient (Wildman–Crippen LogP) is 5.11. The molecule has 0 atom stereocenters. The highest BCUT2D eigenvalue weighted by Gasteiger charge is 2.43. The summed E-state index contributed by atoms with van der Waals surface area (Å²) in [6.07, 6.45) is 3.55. The number of carbonyl (C=O) groups excluding carboxylic acids is 1. The summed E-state index contributed by atoms with van der Waals surface area (Å²) in [4.78, 5) is 24.0. The standard InChI is InChI=1S/C24H22ClN3O2/c1-16-11-18(25)12-19-21(29)14-24(30-23(16)19)7-9-28(10-8-24)22-13-20(26-15-27-22)17-5-3-2-4-6-17/h2-6,11-13,15H,7-10,14H2,1H3. The highest BCUT2D eigenvalue weighted by Crippen LogP contribution is 2.42. The van der Waals surface area contributed by atoms with Gasteiger partial charge in [0.2, 0.25) is 0 Å². The van der Waals surface area contributed by atoms with Gasteiger partial charge in [0.05, 0.1) is 17.7 Å². The Labute approximate surface area is 180 Å². The van der Waals surface area contributed by atoms with Gasteiger partial charge >= 0.3 is 0 Å². The van der Waals surface area contributed by atoms with Crippen LogP contribution in [0.2, 0.25) is 5.02 Å². The van der Waals surface area contributed by atoms with E-state index in [9.17, 15) is 4.79 Å². The third-order valence-corrected chi connectivity index (χ3v) is 6.28. The van der Waals surface area contributed by atoms with Gasteiger partial charge in [0.25, 0.3) is 0 Å². The van der Waals surface area contributed by atoms with Gasteiger partial charge in [-0.05, 0) is 24.6 Å². The molecule has 0 radical (unpaired) electrons. The third kappa shape index (κ3) is 3.43. The van der Waals surface area contributed by atoms with E-state index in [-0.39, 0.29) is 5.78 Å². The van der Waals surface area contributed by atoms with E-state index in [0.717, 1.165) is 48.6 Å². The van der Waals surface area contributed by atoms with Crippen molar-refractivity contribution in [1.82, 2.24) is 9.97 Å². The van der Waals surface area contributed by atoms with Crippen LogP contribution < -0.4 is 9.64 Å². The molecule has 0 aliphatic carbocycles. The van der Waals surface area contributed by atoms with Crippen molar-refractivity contribution < 1.29 is 9.53 Å². The van der Waals surface area contributed by atoms with Gasteiger partial charge in [-0.2, -0.15) is 0 Å². The summed E-state index contributed by atoms with van der Waals surface area (Å²) in [5, 5.41) is 0.576. The van der Waals surface area contributed by atoms with Gasteiger partial charge in [-0.3, -0.25) is 4.79 Å². The number of ether oxygens (including phenoxy) is 1. The number of hydrogen-bond acceptors (Lipinski definition) is 5. The van der Waals surface area contributed by atoms with E-state index in [0.29, 0.717) is 22.8 Å². The molecule has 0 amide bonds. The first-order valence-corrected chi connectivity index (χ1v) is 10.6. The topological polar surface area (TPSA) is 55.3 Å². The van der Waals surface area contributed by atoms with Crippen molar-refractivity contribution in [3.63, 3.8) is 0 Å². The Morgan fingerprint density at radius 1 is 1.07 bits per heavy atom. The second-order valence-corrected chi connectivity index (χ2v) is 8.54. The summed E-state index contributed by atoms with van der Waals surface area (Å²) >= 11 is 6.14. The van der Waals surface area contributed by atoms with E-state index in [1.54, 1.807) is 12.4 Å². The smallest absolute Gasteiger partial charge is 0.170 e. The number of rotatable bonds is 2. The van der Waals surface area contributed by atoms with Crippen molar-refractivity contribution in [2.75, 3.05) is 18.0 Å². The van der Waals surface area contributed by atoms with Gasteiger partial charge in [-0.1, -0.05) is 41.9 Å². The summed E-state index contributed by atoms with van der Waals surface area (Å²) in [6, 6.07) is 15.7. The van der Waals surface area contributed by atoms with E-state index >= 15 is 0 Å². The maximum absolute atomic E-state index is 12.8. The van der Waals surface area contributed by atoms with E-state index < -0.39 is 5.60 Å². The predicted molar refractivity (Wildman–Crippen MR) is 117 cm³/mol. The molecule has 6 heteroatoms. The van der Waals surface area contributed by atoms with Gasteiger partial charge in [0.1, 0.15) is 23.5 Å². The van der Waals surface area contributed by atoms with E-state index in [1.807, 2.05) is 49.4 Å². The van der Waals surface area contributed by atoms with Crippen molar-refractivity contribution in [2.24, 2.45) is 0 Å². The number of halogens is 1. The number of hydrogen-bond donors (Lipinski definition) is 0. The molecule has 1 fully saturated rings. The van der Waals surface area contributed by atoms with Crippen LogP contribution in [-0.4, -0.2) is 34.4 Å². The van der Waals surface area contributed by atoms with Crippen LogP contribution in [0.3, 0.4) is 0 Å². The molecule has 0 unspecified atom stereocenters. The first kappa shape index (κ1) is 19.1. The number of fused-ring (bicyclic) bond motifs is 1. The zero-order valence-electron chi connectivity index (χ0n) is 16.8. The second kappa shape index (κ2) is 7.40. The third-order valence-electron chi connectivity index (χ3n) is 6.06. The highest BCUT2D eigenvalue weighted by molar-refractivity contribution is 6.31. The molecule has 2 aromatic carbocycles. The van der Waals surface area contributed by atoms with Crippen LogP contribution in [0.25, 0.3) is 11.3 Å². The van der Waals surface area contributed by atoms with E-state index in [2.05, 4.69) is 14.9 Å². The number of carbonyl (C=O) groups is 1. The van der Waals surface area contributed by atoms with Gasteiger partial charge in [0, 0.05) is 42.6 Å². The first-order chi connectivity index (χ1) is 14.5. The van der Waals surface area contributed by atoms with Crippen LogP contribution >= 0.6 is 11.6 Å². The molecule has 2 aliphatic heterocycles. The Balaban J connectivity index is 1.35. The average molecular weight is 420 g/mol. The number of aryl methyl sites for hydroxylation is 1. The van der Waals surface area contributed by atoms with E-state index in [1.165, 1.54) is 0 Å². The second-order valence-electron chi connectivity index (χ2n) is 8.10. The molecule has 5 rings (SSSR count). The minimum absolute atomic E-state index is 0.115. The Morgan fingerprint density at radius 2 is 1.83 bits per heavy atom. The number of piperidine rings is 1.